The topological polar surface area (TPSA) is 103 Å². The average molecular weight is 511 g/mol. The SMILES string of the molecule is Cn1cc(C(NC(=O)Oc2ccc3cnc(NC4CCOCC4)nc3c2)c2ccc(Cl)c(F)c2)cn1. The van der Waals surface area contributed by atoms with E-state index in [2.05, 4.69) is 25.7 Å². The molecule has 0 aliphatic carbocycles. The van der Waals surface area contributed by atoms with Crippen molar-refractivity contribution in [3.63, 3.8) is 0 Å². The number of benzene rings is 2. The number of fused-ring (bicyclic) bond motifs is 1. The minimum atomic E-state index is -0.715. The minimum absolute atomic E-state index is 0.00454. The number of hydrogen-bond acceptors (Lipinski definition) is 7. The Balaban J connectivity index is 1.33. The maximum atomic E-state index is 14.2. The van der Waals surface area contributed by atoms with Gasteiger partial charge in [-0.05, 0) is 42.7 Å². The van der Waals surface area contributed by atoms with Gasteiger partial charge in [-0.2, -0.15) is 5.10 Å². The highest BCUT2D eigenvalue weighted by atomic mass is 35.5. The maximum absolute atomic E-state index is 14.2. The van der Waals surface area contributed by atoms with Crippen molar-refractivity contribution in [3.8, 4) is 5.75 Å². The minimum Gasteiger partial charge on any atom is -0.410 e. The van der Waals surface area contributed by atoms with Gasteiger partial charge >= 0.3 is 6.09 Å². The van der Waals surface area contributed by atoms with Crippen molar-refractivity contribution in [2.24, 2.45) is 7.05 Å². The van der Waals surface area contributed by atoms with Gasteiger partial charge in [-0.25, -0.2) is 19.2 Å². The van der Waals surface area contributed by atoms with E-state index in [1.165, 1.54) is 12.1 Å². The number of rotatable bonds is 6. The quantitative estimate of drug-likeness (QED) is 0.390. The largest absolute Gasteiger partial charge is 0.413 e. The summed E-state index contributed by atoms with van der Waals surface area (Å²) >= 11 is 5.84. The number of nitrogens with zero attached hydrogens (tertiary/aromatic N) is 4. The van der Waals surface area contributed by atoms with Crippen molar-refractivity contribution in [2.75, 3.05) is 18.5 Å². The Hall–Kier alpha value is -3.76. The van der Waals surface area contributed by atoms with Crippen LogP contribution in [0.2, 0.25) is 5.02 Å². The number of anilines is 1. The van der Waals surface area contributed by atoms with Crippen LogP contribution in [0, 0.1) is 5.82 Å². The standard InChI is InChI=1S/C25H24ClFN6O3/c1-33-14-17(13-29-33)23(15-3-5-20(26)21(27)10-15)32-25(34)36-19-4-2-16-12-28-24(31-22(16)11-19)30-18-6-8-35-9-7-18/h2-5,10-14,18,23H,6-9H2,1H3,(H,32,34)(H,28,30,31). The van der Waals surface area contributed by atoms with Gasteiger partial charge in [-0.1, -0.05) is 17.7 Å². The van der Waals surface area contributed by atoms with Crippen LogP contribution in [0.4, 0.5) is 15.1 Å². The van der Waals surface area contributed by atoms with Crippen LogP contribution in [0.15, 0.2) is 55.0 Å². The van der Waals surface area contributed by atoms with Gasteiger partial charge in [0.2, 0.25) is 5.95 Å². The molecule has 1 fully saturated rings. The van der Waals surface area contributed by atoms with E-state index in [1.807, 2.05) is 0 Å². The Morgan fingerprint density at radius 3 is 2.78 bits per heavy atom. The Labute approximate surface area is 211 Å². The number of amides is 1. The zero-order chi connectivity index (χ0) is 25.1. The summed E-state index contributed by atoms with van der Waals surface area (Å²) in [6.07, 6.45) is 6.12. The molecule has 2 aromatic heterocycles. The summed E-state index contributed by atoms with van der Waals surface area (Å²) in [6.45, 7) is 1.42. The Morgan fingerprint density at radius 2 is 2.03 bits per heavy atom. The zero-order valence-electron chi connectivity index (χ0n) is 19.4. The van der Waals surface area contributed by atoms with Crippen molar-refractivity contribution < 1.29 is 18.7 Å². The van der Waals surface area contributed by atoms with E-state index in [0.29, 0.717) is 41.6 Å². The highest BCUT2D eigenvalue weighted by molar-refractivity contribution is 6.30. The van der Waals surface area contributed by atoms with E-state index in [-0.39, 0.29) is 11.1 Å². The van der Waals surface area contributed by atoms with Gasteiger partial charge in [-0.15, -0.1) is 0 Å². The second-order valence-corrected chi connectivity index (χ2v) is 8.94. The van der Waals surface area contributed by atoms with Gasteiger partial charge in [0.25, 0.3) is 0 Å². The van der Waals surface area contributed by atoms with E-state index >= 15 is 0 Å². The first-order valence-electron chi connectivity index (χ1n) is 11.5. The highest BCUT2D eigenvalue weighted by Gasteiger charge is 2.21. The number of carbonyl (C=O) groups is 1. The van der Waals surface area contributed by atoms with Crippen LogP contribution in [0.25, 0.3) is 10.9 Å². The number of ether oxygens (including phenoxy) is 2. The van der Waals surface area contributed by atoms with Gasteiger partial charge < -0.3 is 20.1 Å². The molecule has 1 aliphatic heterocycles. The van der Waals surface area contributed by atoms with Crippen molar-refractivity contribution in [2.45, 2.75) is 24.9 Å². The van der Waals surface area contributed by atoms with Crippen molar-refractivity contribution >= 4 is 34.5 Å². The van der Waals surface area contributed by atoms with Crippen LogP contribution in [-0.2, 0) is 11.8 Å². The molecule has 1 saturated heterocycles. The smallest absolute Gasteiger partial charge is 0.410 e. The lowest BCUT2D eigenvalue weighted by atomic mass is 10.0. The molecule has 9 nitrogen and oxygen atoms in total. The molecule has 1 unspecified atom stereocenters. The summed E-state index contributed by atoms with van der Waals surface area (Å²) in [5, 5.41) is 11.1. The summed E-state index contributed by atoms with van der Waals surface area (Å²) in [6, 6.07) is 9.04. The van der Waals surface area contributed by atoms with Gasteiger partial charge in [0.15, 0.2) is 0 Å². The number of aromatic nitrogens is 4. The summed E-state index contributed by atoms with van der Waals surface area (Å²) in [7, 11) is 1.75. The normalized spacial score (nSPS) is 15.0. The lowest BCUT2D eigenvalue weighted by molar-refractivity contribution is 0.0903. The van der Waals surface area contributed by atoms with Crippen LogP contribution in [0.5, 0.6) is 5.75 Å². The third-order valence-electron chi connectivity index (χ3n) is 5.92. The molecule has 1 aliphatic rings. The molecule has 3 heterocycles. The molecule has 2 N–H and O–H groups in total. The van der Waals surface area contributed by atoms with Crippen molar-refractivity contribution in [1.82, 2.24) is 25.1 Å². The molecule has 2 aromatic carbocycles. The van der Waals surface area contributed by atoms with Crippen LogP contribution in [0.3, 0.4) is 0 Å². The molecule has 0 spiro atoms. The van der Waals surface area contributed by atoms with Crippen LogP contribution in [0.1, 0.15) is 30.0 Å². The highest BCUT2D eigenvalue weighted by Crippen LogP contribution is 2.26. The molecule has 5 rings (SSSR count). The molecule has 1 atom stereocenters. The number of aryl methyl sites for hydroxylation is 1. The van der Waals surface area contributed by atoms with Gasteiger partial charge in [0.1, 0.15) is 11.6 Å². The first kappa shape index (κ1) is 24.0. The van der Waals surface area contributed by atoms with E-state index in [1.54, 1.807) is 54.6 Å². The first-order valence-corrected chi connectivity index (χ1v) is 11.9. The number of hydrogen-bond donors (Lipinski definition) is 2. The predicted molar refractivity (Wildman–Crippen MR) is 133 cm³/mol. The van der Waals surface area contributed by atoms with Crippen LogP contribution < -0.4 is 15.4 Å². The van der Waals surface area contributed by atoms with Gasteiger partial charge in [0, 0.05) is 55.7 Å². The van der Waals surface area contributed by atoms with E-state index in [4.69, 9.17) is 21.1 Å². The lowest BCUT2D eigenvalue weighted by Crippen LogP contribution is -2.31. The fourth-order valence-corrected chi connectivity index (χ4v) is 4.17. The number of nitrogens with one attached hydrogen (secondary N) is 2. The predicted octanol–water partition coefficient (Wildman–Crippen LogP) is 4.62. The molecule has 0 radical (unpaired) electrons. The zero-order valence-corrected chi connectivity index (χ0v) is 20.2. The molecule has 0 saturated carbocycles. The molecule has 11 heteroatoms. The first-order chi connectivity index (χ1) is 17.4. The summed E-state index contributed by atoms with van der Waals surface area (Å²) in [4.78, 5) is 21.8. The van der Waals surface area contributed by atoms with E-state index in [0.717, 1.165) is 18.2 Å². The van der Waals surface area contributed by atoms with Crippen LogP contribution >= 0.6 is 11.6 Å². The monoisotopic (exact) mass is 510 g/mol. The van der Waals surface area contributed by atoms with E-state index < -0.39 is 18.0 Å². The maximum Gasteiger partial charge on any atom is 0.413 e. The molecular weight excluding hydrogens is 487 g/mol. The fourth-order valence-electron chi connectivity index (χ4n) is 4.06. The lowest BCUT2D eigenvalue weighted by Gasteiger charge is -2.23. The third-order valence-corrected chi connectivity index (χ3v) is 6.22. The Kier molecular flexibility index (Phi) is 6.97. The molecular formula is C25H24ClFN6O3. The van der Waals surface area contributed by atoms with Gasteiger partial charge in [-0.3, -0.25) is 4.68 Å². The second kappa shape index (κ2) is 10.5. The fraction of sp³-hybridized carbons (Fsp3) is 0.280. The Bertz CT molecular complexity index is 1390. The Morgan fingerprint density at radius 1 is 1.19 bits per heavy atom. The summed E-state index contributed by atoms with van der Waals surface area (Å²) in [5.41, 5.74) is 1.79. The molecule has 186 valence electrons. The average Bonchev–Trinajstić information content (AvgIpc) is 3.30. The van der Waals surface area contributed by atoms with Crippen molar-refractivity contribution in [3.05, 3.63) is 77.0 Å². The number of halogens is 2. The molecule has 36 heavy (non-hydrogen) atoms. The third kappa shape index (κ3) is 5.55. The number of carbonyl (C=O) groups excluding carboxylic acids is 1. The summed E-state index contributed by atoms with van der Waals surface area (Å²) < 4.78 is 26.7. The molecule has 0 bridgehead atoms. The molecule has 1 amide bonds. The van der Waals surface area contributed by atoms with Gasteiger partial charge in [0.05, 0.1) is 22.8 Å². The van der Waals surface area contributed by atoms with Crippen molar-refractivity contribution in [1.29, 1.82) is 0 Å². The summed E-state index contributed by atoms with van der Waals surface area (Å²) in [5.74, 6) is 0.234. The van der Waals surface area contributed by atoms with Crippen LogP contribution in [-0.4, -0.2) is 45.1 Å². The second-order valence-electron chi connectivity index (χ2n) is 8.53. The molecule has 4 aromatic rings. The van der Waals surface area contributed by atoms with E-state index in [9.17, 15) is 9.18 Å².